The number of nitrogens with zero attached hydrogens (tertiary/aromatic N) is 7. The van der Waals surface area contributed by atoms with Crippen molar-refractivity contribution in [3.05, 3.63) is 88.9 Å². The molecular weight excluding hydrogens is 379 g/mol. The lowest BCUT2D eigenvalue weighted by atomic mass is 10.2. The summed E-state index contributed by atoms with van der Waals surface area (Å²) in [5, 5.41) is 10.6. The van der Waals surface area contributed by atoms with Crippen LogP contribution < -0.4 is 10.9 Å². The van der Waals surface area contributed by atoms with Crippen LogP contribution in [0, 0.1) is 5.82 Å². The van der Waals surface area contributed by atoms with Crippen LogP contribution >= 0.6 is 0 Å². The number of anilines is 1. The van der Waals surface area contributed by atoms with Gasteiger partial charge < -0.3 is 5.32 Å². The third-order valence-corrected chi connectivity index (χ3v) is 3.87. The van der Waals surface area contributed by atoms with E-state index in [2.05, 4.69) is 30.5 Å². The highest BCUT2D eigenvalue weighted by Crippen LogP contribution is 2.09. The van der Waals surface area contributed by atoms with Crippen LogP contribution in [-0.2, 0) is 6.54 Å². The summed E-state index contributed by atoms with van der Waals surface area (Å²) in [6.07, 6.45) is 4.08. The first kappa shape index (κ1) is 18.1. The van der Waals surface area contributed by atoms with E-state index in [-0.39, 0.29) is 18.1 Å². The molecular formula is C18H13FN8O2. The van der Waals surface area contributed by atoms with Gasteiger partial charge in [-0.1, -0.05) is 12.1 Å². The predicted molar refractivity (Wildman–Crippen MR) is 98.9 cm³/mol. The Hall–Kier alpha value is -4.28. The fourth-order valence-corrected chi connectivity index (χ4v) is 2.54. The molecule has 0 bridgehead atoms. The van der Waals surface area contributed by atoms with Gasteiger partial charge in [0.2, 0.25) is 0 Å². The minimum atomic E-state index is -0.568. The predicted octanol–water partition coefficient (Wildman–Crippen LogP) is 1.05. The Bertz CT molecular complexity index is 1220. The normalized spacial score (nSPS) is 10.7. The van der Waals surface area contributed by atoms with Gasteiger partial charge in [0.25, 0.3) is 11.5 Å². The average molecular weight is 392 g/mol. The highest BCUT2D eigenvalue weighted by molar-refractivity contribution is 6.02. The van der Waals surface area contributed by atoms with Crippen molar-refractivity contribution in [2.24, 2.45) is 0 Å². The van der Waals surface area contributed by atoms with Gasteiger partial charge in [0.1, 0.15) is 36.3 Å². The number of benzene rings is 1. The van der Waals surface area contributed by atoms with E-state index in [1.165, 1.54) is 60.1 Å². The first-order valence-corrected chi connectivity index (χ1v) is 8.39. The van der Waals surface area contributed by atoms with Gasteiger partial charge in [-0.3, -0.25) is 9.59 Å². The molecule has 3 aromatic heterocycles. The Morgan fingerprint density at radius 1 is 1.10 bits per heavy atom. The van der Waals surface area contributed by atoms with Crippen molar-refractivity contribution in [1.29, 1.82) is 0 Å². The minimum Gasteiger partial charge on any atom is -0.305 e. The molecule has 0 aliphatic carbocycles. The van der Waals surface area contributed by atoms with Crippen molar-refractivity contribution in [3.63, 3.8) is 0 Å². The van der Waals surface area contributed by atoms with Crippen LogP contribution in [0.15, 0.2) is 66.2 Å². The highest BCUT2D eigenvalue weighted by atomic mass is 19.1. The van der Waals surface area contributed by atoms with Gasteiger partial charge in [-0.2, -0.15) is 10.2 Å². The smallest absolute Gasteiger partial charge is 0.277 e. The molecule has 11 heteroatoms. The summed E-state index contributed by atoms with van der Waals surface area (Å²) in [5.74, 6) is -0.352. The van der Waals surface area contributed by atoms with Gasteiger partial charge in [0, 0.05) is 12.1 Å². The zero-order valence-electron chi connectivity index (χ0n) is 14.8. The first-order chi connectivity index (χ1) is 14.1. The molecule has 3 heterocycles. The molecule has 0 fully saturated rings. The van der Waals surface area contributed by atoms with Gasteiger partial charge >= 0.3 is 0 Å². The van der Waals surface area contributed by atoms with Crippen molar-refractivity contribution < 1.29 is 9.18 Å². The molecule has 29 heavy (non-hydrogen) atoms. The zero-order chi connectivity index (χ0) is 20.2. The molecule has 144 valence electrons. The average Bonchev–Trinajstić information content (AvgIpc) is 3.25. The molecule has 0 aliphatic heterocycles. The van der Waals surface area contributed by atoms with Crippen LogP contribution in [0.4, 0.5) is 10.2 Å². The fourth-order valence-electron chi connectivity index (χ4n) is 2.54. The molecule has 0 spiro atoms. The van der Waals surface area contributed by atoms with Crippen molar-refractivity contribution in [1.82, 2.24) is 34.5 Å². The number of nitrogens with one attached hydrogen (secondary N) is 1. The molecule has 1 N–H and O–H groups in total. The van der Waals surface area contributed by atoms with E-state index in [0.29, 0.717) is 11.4 Å². The maximum atomic E-state index is 13.4. The number of hydrogen-bond donors (Lipinski definition) is 1. The van der Waals surface area contributed by atoms with Crippen LogP contribution in [0.3, 0.4) is 0 Å². The van der Waals surface area contributed by atoms with E-state index in [9.17, 15) is 14.0 Å². The van der Waals surface area contributed by atoms with E-state index in [1.54, 1.807) is 6.07 Å². The van der Waals surface area contributed by atoms with E-state index in [1.807, 2.05) is 0 Å². The summed E-state index contributed by atoms with van der Waals surface area (Å²) in [6.45, 7) is 0.0294. The Labute approximate surface area is 162 Å². The number of carbonyl (C=O) groups is 1. The molecule has 0 atom stereocenters. The summed E-state index contributed by atoms with van der Waals surface area (Å²) in [7, 11) is 0. The number of hydrogen-bond acceptors (Lipinski definition) is 7. The van der Waals surface area contributed by atoms with E-state index in [0.717, 1.165) is 4.68 Å². The minimum absolute atomic E-state index is 0.00178. The summed E-state index contributed by atoms with van der Waals surface area (Å²) in [4.78, 5) is 36.5. The van der Waals surface area contributed by atoms with Crippen molar-refractivity contribution in [2.75, 3.05) is 5.32 Å². The van der Waals surface area contributed by atoms with E-state index in [4.69, 9.17) is 0 Å². The second kappa shape index (κ2) is 7.76. The summed E-state index contributed by atoms with van der Waals surface area (Å²) in [6, 6.07) is 9.84. The van der Waals surface area contributed by atoms with E-state index >= 15 is 0 Å². The maximum absolute atomic E-state index is 13.4. The molecule has 0 saturated carbocycles. The van der Waals surface area contributed by atoms with E-state index < -0.39 is 17.3 Å². The zero-order valence-corrected chi connectivity index (χ0v) is 14.8. The largest absolute Gasteiger partial charge is 0.305 e. The first-order valence-electron chi connectivity index (χ1n) is 8.39. The van der Waals surface area contributed by atoms with Crippen molar-refractivity contribution in [3.8, 4) is 5.82 Å². The highest BCUT2D eigenvalue weighted by Gasteiger charge is 2.12. The van der Waals surface area contributed by atoms with Crippen LogP contribution in [0.2, 0.25) is 0 Å². The SMILES string of the molecule is O=C(Nc1cc(-n2cncn2)ncn1)c1ccc(=O)n(Cc2cccc(F)c2)n1. The molecule has 0 unspecified atom stereocenters. The maximum Gasteiger partial charge on any atom is 0.277 e. The van der Waals surface area contributed by atoms with Gasteiger partial charge in [-0.25, -0.2) is 28.7 Å². The lowest BCUT2D eigenvalue weighted by Gasteiger charge is -2.08. The molecule has 10 nitrogen and oxygen atoms in total. The number of halogens is 1. The number of rotatable bonds is 5. The third-order valence-electron chi connectivity index (χ3n) is 3.87. The van der Waals surface area contributed by atoms with Gasteiger partial charge in [0.15, 0.2) is 5.82 Å². The molecule has 0 aliphatic rings. The molecule has 4 aromatic rings. The summed E-state index contributed by atoms with van der Waals surface area (Å²) < 4.78 is 15.9. The number of carbonyl (C=O) groups excluding carboxylic acids is 1. The molecule has 4 rings (SSSR count). The number of aromatic nitrogens is 7. The molecule has 0 saturated heterocycles. The fraction of sp³-hybridized carbons (Fsp3) is 0.0556. The van der Waals surface area contributed by atoms with Gasteiger partial charge in [0.05, 0.1) is 6.54 Å². The second-order valence-electron chi connectivity index (χ2n) is 5.90. The Morgan fingerprint density at radius 3 is 2.79 bits per heavy atom. The summed E-state index contributed by atoms with van der Waals surface area (Å²) >= 11 is 0. The van der Waals surface area contributed by atoms with Gasteiger partial charge in [-0.15, -0.1) is 0 Å². The topological polar surface area (TPSA) is 120 Å². The second-order valence-corrected chi connectivity index (χ2v) is 5.90. The lowest BCUT2D eigenvalue weighted by Crippen LogP contribution is -2.26. The Morgan fingerprint density at radius 2 is 2.00 bits per heavy atom. The quantitative estimate of drug-likeness (QED) is 0.539. The Balaban J connectivity index is 1.55. The van der Waals surface area contributed by atoms with Crippen molar-refractivity contribution >= 4 is 11.7 Å². The van der Waals surface area contributed by atoms with Gasteiger partial charge in [-0.05, 0) is 23.8 Å². The third kappa shape index (κ3) is 4.18. The monoisotopic (exact) mass is 392 g/mol. The van der Waals surface area contributed by atoms with Crippen LogP contribution in [-0.4, -0.2) is 40.4 Å². The molecule has 1 amide bonds. The van der Waals surface area contributed by atoms with Crippen LogP contribution in [0.1, 0.15) is 16.1 Å². The van der Waals surface area contributed by atoms with Crippen molar-refractivity contribution in [2.45, 2.75) is 6.54 Å². The lowest BCUT2D eigenvalue weighted by molar-refractivity contribution is 0.101. The van der Waals surface area contributed by atoms with Crippen LogP contribution in [0.5, 0.6) is 0 Å². The summed E-state index contributed by atoms with van der Waals surface area (Å²) in [5.41, 5.74) is 0.133. The van der Waals surface area contributed by atoms with Crippen LogP contribution in [0.25, 0.3) is 5.82 Å². The number of amides is 1. The Kier molecular flexibility index (Phi) is 4.84. The standard InChI is InChI=1S/C18H13FN8O2/c19-13-3-1-2-12(6-13)8-26-17(28)5-4-14(25-26)18(29)24-15-7-16(22-10-21-15)27-11-20-9-23-27/h1-7,9-11H,8H2,(H,21,22,24,29). The molecule has 1 aromatic carbocycles. The molecule has 0 radical (unpaired) electrons.